The fourth-order valence-electron chi connectivity index (χ4n) is 6.69. The van der Waals surface area contributed by atoms with Gasteiger partial charge in [0.05, 0.1) is 24.2 Å². The first-order valence-corrected chi connectivity index (χ1v) is 18.4. The number of hydrogen-bond acceptors (Lipinski definition) is 6. The van der Waals surface area contributed by atoms with Crippen molar-refractivity contribution in [1.82, 2.24) is 36.6 Å². The minimum Gasteiger partial charge on any atom is -0.465 e. The number of unbranched alkanes of at least 4 members (excludes halogenated alkanes) is 1. The molecule has 8 N–H and O–H groups in total. The number of carbonyl (C=O) groups is 4. The van der Waals surface area contributed by atoms with Crippen molar-refractivity contribution in [3.63, 3.8) is 0 Å². The van der Waals surface area contributed by atoms with E-state index < -0.39 is 42.1 Å². The number of benzene rings is 1. The number of carbonyl (C=O) groups excluding carboxylic acids is 3. The second kappa shape index (κ2) is 21.8. The van der Waals surface area contributed by atoms with Crippen molar-refractivity contribution < 1.29 is 29.4 Å². The van der Waals surface area contributed by atoms with Crippen LogP contribution in [-0.2, 0) is 22.4 Å². The average molecular weight is 698 g/mol. The number of hydrogen-bond donors (Lipinski definition) is 8. The topological polar surface area (TPSA) is 198 Å². The molecule has 1 aliphatic carbocycles. The van der Waals surface area contributed by atoms with Crippen LogP contribution in [0.4, 0.5) is 9.59 Å². The van der Waals surface area contributed by atoms with E-state index in [0.29, 0.717) is 44.0 Å². The van der Waals surface area contributed by atoms with Gasteiger partial charge >= 0.3 is 12.1 Å². The fourth-order valence-corrected chi connectivity index (χ4v) is 6.69. The lowest BCUT2D eigenvalue weighted by Gasteiger charge is -2.34. The van der Waals surface area contributed by atoms with Gasteiger partial charge in [-0.05, 0) is 49.0 Å². The smallest absolute Gasteiger partial charge is 0.405 e. The Bertz CT molecular complexity index is 1290. The van der Waals surface area contributed by atoms with Crippen LogP contribution in [0.3, 0.4) is 0 Å². The number of nitrogens with zero attached hydrogens (tertiary/aromatic N) is 1. The van der Waals surface area contributed by atoms with Crippen molar-refractivity contribution in [3.05, 3.63) is 54.1 Å². The minimum atomic E-state index is -1.35. The highest BCUT2D eigenvalue weighted by molar-refractivity contribution is 5.91. The molecule has 0 radical (unpaired) electrons. The molecule has 5 amide bonds. The molecule has 1 aliphatic rings. The largest absolute Gasteiger partial charge is 0.465 e. The first-order valence-electron chi connectivity index (χ1n) is 18.4. The maximum Gasteiger partial charge on any atom is 0.405 e. The van der Waals surface area contributed by atoms with Crippen LogP contribution >= 0.6 is 0 Å². The summed E-state index contributed by atoms with van der Waals surface area (Å²) in [5.41, 5.74) is 1.31. The molecule has 1 saturated carbocycles. The van der Waals surface area contributed by atoms with Gasteiger partial charge in [-0.3, -0.25) is 9.59 Å². The molecule has 0 spiro atoms. The van der Waals surface area contributed by atoms with E-state index in [9.17, 15) is 29.4 Å². The first-order chi connectivity index (χ1) is 24.0. The third-order valence-corrected chi connectivity index (χ3v) is 9.71. The molecular weight excluding hydrogens is 638 g/mol. The second-order valence-corrected chi connectivity index (χ2v) is 14.0. The number of rotatable bonds is 21. The zero-order chi connectivity index (χ0) is 36.3. The molecule has 3 rings (SSSR count). The van der Waals surface area contributed by atoms with Gasteiger partial charge in [0.1, 0.15) is 12.1 Å². The van der Waals surface area contributed by atoms with E-state index in [0.717, 1.165) is 44.1 Å². The molecule has 50 heavy (non-hydrogen) atoms. The lowest BCUT2D eigenvalue weighted by atomic mass is 9.80. The predicted octanol–water partition coefficient (Wildman–Crippen LogP) is 4.28. The highest BCUT2D eigenvalue weighted by Crippen LogP contribution is 2.30. The molecule has 5 atom stereocenters. The van der Waals surface area contributed by atoms with E-state index in [1.54, 1.807) is 18.3 Å². The number of imidazole rings is 1. The van der Waals surface area contributed by atoms with Gasteiger partial charge in [0.2, 0.25) is 11.8 Å². The molecule has 1 aromatic heterocycles. The maximum absolute atomic E-state index is 14.1. The molecule has 0 bridgehead atoms. The standard InChI is InChI=1S/C37H59N7O6/c1-4-5-17-39-36(48)40-18-16-28(25(2)3)21-33(45)30(19-26-12-8-6-9-13-26)42-35(47)32(22-29-23-38-24-41-29)43-34(46)31(44-37(49)50)20-27-14-10-7-11-15-27/h7,10-11,14-15,23-26,28,30-33,44-45H,4-6,8-9,12-13,16-22H2,1-3H3,(H,38,41)(H,42,47)(H,43,46)(H,49,50)(H2,39,40,48)/t28-,30-,31-,32-,33-/m0/s1. The number of H-pyrrole nitrogens is 1. The van der Waals surface area contributed by atoms with Gasteiger partial charge in [0.15, 0.2) is 0 Å². The molecular formula is C37H59N7O6. The summed E-state index contributed by atoms with van der Waals surface area (Å²) in [6, 6.07) is 6.09. The number of aromatic amines is 1. The van der Waals surface area contributed by atoms with Gasteiger partial charge in [-0.15, -0.1) is 0 Å². The lowest BCUT2D eigenvalue weighted by molar-refractivity contribution is -0.131. The molecule has 1 heterocycles. The number of amides is 5. The fraction of sp³-hybridized carbons (Fsp3) is 0.649. The first kappa shape index (κ1) is 40.3. The third kappa shape index (κ3) is 14.8. The zero-order valence-corrected chi connectivity index (χ0v) is 30.0. The van der Waals surface area contributed by atoms with E-state index in [1.807, 2.05) is 18.2 Å². The molecule has 1 aromatic carbocycles. The van der Waals surface area contributed by atoms with Gasteiger partial charge in [0.25, 0.3) is 0 Å². The summed E-state index contributed by atoms with van der Waals surface area (Å²) in [7, 11) is 0. The molecule has 13 heteroatoms. The summed E-state index contributed by atoms with van der Waals surface area (Å²) in [6.07, 6.45) is 10.2. The Morgan fingerprint density at radius 2 is 1.60 bits per heavy atom. The number of carboxylic acid groups (broad SMARTS) is 1. The molecule has 0 aliphatic heterocycles. The Morgan fingerprint density at radius 1 is 0.920 bits per heavy atom. The van der Waals surface area contributed by atoms with Crippen LogP contribution in [0.2, 0.25) is 0 Å². The summed E-state index contributed by atoms with van der Waals surface area (Å²) < 4.78 is 0. The monoisotopic (exact) mass is 697 g/mol. The molecule has 2 aromatic rings. The lowest BCUT2D eigenvalue weighted by Crippen LogP contribution is -2.57. The predicted molar refractivity (Wildman–Crippen MR) is 192 cm³/mol. The number of nitrogens with one attached hydrogen (secondary N) is 6. The van der Waals surface area contributed by atoms with E-state index in [4.69, 9.17) is 0 Å². The Kier molecular flexibility index (Phi) is 17.6. The third-order valence-electron chi connectivity index (χ3n) is 9.71. The van der Waals surface area contributed by atoms with Gasteiger partial charge in [-0.2, -0.15) is 0 Å². The van der Waals surface area contributed by atoms with Gasteiger partial charge < -0.3 is 41.8 Å². The normalized spacial score (nSPS) is 16.4. The summed E-state index contributed by atoms with van der Waals surface area (Å²) in [5.74, 6) is -0.435. The number of aromatic nitrogens is 2. The van der Waals surface area contributed by atoms with Crippen molar-refractivity contribution in [2.75, 3.05) is 13.1 Å². The van der Waals surface area contributed by atoms with E-state index >= 15 is 0 Å². The van der Waals surface area contributed by atoms with Crippen LogP contribution in [0.25, 0.3) is 0 Å². The van der Waals surface area contributed by atoms with Crippen LogP contribution in [-0.4, -0.2) is 81.4 Å². The SMILES string of the molecule is CCCCNC(=O)NCC[C@@H](C[C@H](O)[C@H](CC1CCCCC1)NC(=O)[C@H](Cc1c[nH]cn1)NC(=O)[C@H](Cc1ccccc1)NC(=O)O)C(C)C. The van der Waals surface area contributed by atoms with Crippen LogP contribution in [0.15, 0.2) is 42.9 Å². The van der Waals surface area contributed by atoms with Gasteiger partial charge in [0, 0.05) is 32.1 Å². The van der Waals surface area contributed by atoms with Crippen LogP contribution in [0, 0.1) is 17.8 Å². The Morgan fingerprint density at radius 3 is 2.24 bits per heavy atom. The summed E-state index contributed by atoms with van der Waals surface area (Å²) >= 11 is 0. The van der Waals surface area contributed by atoms with E-state index in [-0.39, 0.29) is 30.7 Å². The van der Waals surface area contributed by atoms with Crippen molar-refractivity contribution in [2.24, 2.45) is 17.8 Å². The Hall–Kier alpha value is -4.13. The van der Waals surface area contributed by atoms with Crippen molar-refractivity contribution in [1.29, 1.82) is 0 Å². The maximum atomic E-state index is 14.1. The molecule has 13 nitrogen and oxygen atoms in total. The summed E-state index contributed by atoms with van der Waals surface area (Å²) in [5, 5.41) is 35.2. The summed E-state index contributed by atoms with van der Waals surface area (Å²) in [4.78, 5) is 58.6. The Labute approximate surface area is 296 Å². The van der Waals surface area contributed by atoms with Gasteiger partial charge in [-0.25, -0.2) is 14.6 Å². The molecule has 1 fully saturated rings. The van der Waals surface area contributed by atoms with Crippen LogP contribution < -0.4 is 26.6 Å². The van der Waals surface area contributed by atoms with Crippen molar-refractivity contribution >= 4 is 23.9 Å². The van der Waals surface area contributed by atoms with Crippen molar-refractivity contribution in [3.8, 4) is 0 Å². The molecule has 0 saturated heterocycles. The zero-order valence-electron chi connectivity index (χ0n) is 30.0. The highest BCUT2D eigenvalue weighted by Gasteiger charge is 2.33. The Balaban J connectivity index is 1.75. The molecule has 278 valence electrons. The minimum absolute atomic E-state index is 0.0685. The van der Waals surface area contributed by atoms with E-state index in [2.05, 4.69) is 57.3 Å². The summed E-state index contributed by atoms with van der Waals surface area (Å²) in [6.45, 7) is 7.36. The van der Waals surface area contributed by atoms with Crippen molar-refractivity contribution in [2.45, 2.75) is 122 Å². The second-order valence-electron chi connectivity index (χ2n) is 14.0. The van der Waals surface area contributed by atoms with Gasteiger partial charge in [-0.1, -0.05) is 89.6 Å². The average Bonchev–Trinajstić information content (AvgIpc) is 3.61. The quantitative estimate of drug-likeness (QED) is 0.0891. The van der Waals surface area contributed by atoms with E-state index in [1.165, 1.54) is 12.7 Å². The molecule has 0 unspecified atom stereocenters. The van der Waals surface area contributed by atoms with Crippen LogP contribution in [0.5, 0.6) is 0 Å². The number of aliphatic hydroxyl groups is 1. The number of urea groups is 1. The highest BCUT2D eigenvalue weighted by atomic mass is 16.4. The van der Waals surface area contributed by atoms with Crippen LogP contribution in [0.1, 0.15) is 96.2 Å². The number of aliphatic hydroxyl groups excluding tert-OH is 1.